The monoisotopic (exact) mass is 322 g/mol. The van der Waals surface area contributed by atoms with E-state index in [1.54, 1.807) is 15.9 Å². The summed E-state index contributed by atoms with van der Waals surface area (Å²) in [5.74, 6) is 0.585. The summed E-state index contributed by atoms with van der Waals surface area (Å²) in [4.78, 5) is 5.61. The van der Waals surface area contributed by atoms with Crippen molar-refractivity contribution in [2.24, 2.45) is 0 Å². The van der Waals surface area contributed by atoms with Crippen LogP contribution in [-0.4, -0.2) is 14.6 Å². The number of rotatable bonds is 2. The molecule has 2 heterocycles. The fourth-order valence-corrected chi connectivity index (χ4v) is 4.17. The van der Waals surface area contributed by atoms with Crippen molar-refractivity contribution in [3.8, 4) is 17.3 Å². The van der Waals surface area contributed by atoms with Gasteiger partial charge in [0.05, 0.1) is 0 Å². The molecule has 0 saturated heterocycles. The molecule has 0 unspecified atom stereocenters. The van der Waals surface area contributed by atoms with Gasteiger partial charge in [0.15, 0.2) is 5.69 Å². The Hall–Kier alpha value is -2.19. The summed E-state index contributed by atoms with van der Waals surface area (Å²) < 4.78 is 1.74. The van der Waals surface area contributed by atoms with Gasteiger partial charge in [0.1, 0.15) is 16.8 Å². The lowest BCUT2D eigenvalue weighted by atomic mass is 9.92. The molecule has 1 aromatic carbocycles. The molecule has 2 aromatic heterocycles. The molecule has 0 amide bonds. The highest BCUT2D eigenvalue weighted by Gasteiger charge is 2.29. The van der Waals surface area contributed by atoms with Gasteiger partial charge in [-0.05, 0) is 62.8 Å². The van der Waals surface area contributed by atoms with Crippen LogP contribution in [0.5, 0.6) is 0 Å². The Morgan fingerprint density at radius 1 is 1.17 bits per heavy atom. The van der Waals surface area contributed by atoms with E-state index in [9.17, 15) is 5.26 Å². The van der Waals surface area contributed by atoms with Crippen LogP contribution in [0.2, 0.25) is 0 Å². The Balaban J connectivity index is 2.00. The number of imidazole rings is 1. The average molecular weight is 322 g/mol. The Morgan fingerprint density at radius 3 is 2.39 bits per heavy atom. The molecule has 0 aliphatic heterocycles. The van der Waals surface area contributed by atoms with E-state index < -0.39 is 0 Å². The first-order valence-electron chi connectivity index (χ1n) is 7.88. The molecule has 116 valence electrons. The van der Waals surface area contributed by atoms with Crippen LogP contribution < -0.4 is 0 Å². The topological polar surface area (TPSA) is 54.0 Å². The largest absolute Gasteiger partial charge is 0.216 e. The van der Waals surface area contributed by atoms with E-state index in [2.05, 4.69) is 44.9 Å². The fraction of sp³-hybridized carbons (Fsp3) is 0.389. The molecule has 0 bridgehead atoms. The summed E-state index contributed by atoms with van der Waals surface area (Å²) in [5, 5.41) is 15.5. The van der Waals surface area contributed by atoms with E-state index >= 15 is 0 Å². The lowest BCUT2D eigenvalue weighted by Crippen LogP contribution is -1.98. The zero-order chi connectivity index (χ0) is 16.3. The van der Waals surface area contributed by atoms with Gasteiger partial charge in [-0.2, -0.15) is 14.9 Å². The highest BCUT2D eigenvalue weighted by molar-refractivity contribution is 7.16. The molecular weight excluding hydrogens is 304 g/mol. The summed E-state index contributed by atoms with van der Waals surface area (Å²) in [6, 6.07) is 4.52. The first-order chi connectivity index (χ1) is 11.0. The summed E-state index contributed by atoms with van der Waals surface area (Å²) in [7, 11) is 0. The molecule has 4 nitrogen and oxygen atoms in total. The average Bonchev–Trinajstić information content (AvgIpc) is 3.20. The lowest BCUT2D eigenvalue weighted by molar-refractivity contribution is 0.893. The molecule has 1 aliphatic carbocycles. The number of hydrogen-bond acceptors (Lipinski definition) is 4. The third-order valence-corrected chi connectivity index (χ3v) is 5.93. The maximum Gasteiger partial charge on any atom is 0.214 e. The SMILES string of the molecule is Cc1cc(C)c(C)c(-c2nc3sc(C4CC4)nn3c2C#N)c1C. The number of nitrogens with zero attached hydrogens (tertiary/aromatic N) is 4. The van der Waals surface area contributed by atoms with Gasteiger partial charge >= 0.3 is 0 Å². The highest BCUT2D eigenvalue weighted by atomic mass is 32.1. The van der Waals surface area contributed by atoms with Crippen LogP contribution in [0.25, 0.3) is 16.2 Å². The van der Waals surface area contributed by atoms with E-state index in [4.69, 9.17) is 4.98 Å². The van der Waals surface area contributed by atoms with E-state index in [-0.39, 0.29) is 0 Å². The van der Waals surface area contributed by atoms with Crippen LogP contribution in [-0.2, 0) is 0 Å². The first kappa shape index (κ1) is 14.4. The molecule has 0 spiro atoms. The standard InChI is InChI=1S/C18H18N4S/c1-9-7-10(2)12(4)15(11(9)3)16-14(8-19)22-18(20-16)23-17(21-22)13-5-6-13/h7,13H,5-6H2,1-4H3. The van der Waals surface area contributed by atoms with Gasteiger partial charge in [-0.25, -0.2) is 4.98 Å². The van der Waals surface area contributed by atoms with Crippen molar-refractivity contribution in [1.29, 1.82) is 5.26 Å². The maximum atomic E-state index is 9.70. The van der Waals surface area contributed by atoms with Gasteiger partial charge in [0.25, 0.3) is 0 Å². The first-order valence-corrected chi connectivity index (χ1v) is 8.70. The van der Waals surface area contributed by atoms with E-state index in [0.717, 1.165) is 21.2 Å². The van der Waals surface area contributed by atoms with Gasteiger partial charge in [-0.3, -0.25) is 0 Å². The third-order valence-electron chi connectivity index (χ3n) is 4.85. The maximum absolute atomic E-state index is 9.70. The Morgan fingerprint density at radius 2 is 1.83 bits per heavy atom. The van der Waals surface area contributed by atoms with E-state index in [1.807, 2.05) is 0 Å². The van der Waals surface area contributed by atoms with Crippen molar-refractivity contribution in [3.63, 3.8) is 0 Å². The van der Waals surface area contributed by atoms with E-state index in [1.165, 1.54) is 35.1 Å². The molecule has 1 aliphatic rings. The van der Waals surface area contributed by atoms with Crippen molar-refractivity contribution in [3.05, 3.63) is 39.0 Å². The van der Waals surface area contributed by atoms with Crippen LogP contribution in [0, 0.1) is 39.0 Å². The number of fused-ring (bicyclic) bond motifs is 1. The van der Waals surface area contributed by atoms with Gasteiger partial charge in [-0.1, -0.05) is 17.4 Å². The van der Waals surface area contributed by atoms with Crippen molar-refractivity contribution >= 4 is 16.3 Å². The molecule has 23 heavy (non-hydrogen) atoms. The van der Waals surface area contributed by atoms with Gasteiger partial charge in [0, 0.05) is 11.5 Å². The zero-order valence-electron chi connectivity index (χ0n) is 13.8. The number of benzene rings is 1. The lowest BCUT2D eigenvalue weighted by Gasteiger charge is -2.13. The normalized spacial score (nSPS) is 14.4. The predicted octanol–water partition coefficient (Wildman–Crippen LogP) is 4.44. The molecule has 0 atom stereocenters. The number of nitriles is 1. The summed E-state index contributed by atoms with van der Waals surface area (Å²) in [6.07, 6.45) is 2.42. The molecular formula is C18H18N4S. The molecule has 1 fully saturated rings. The van der Waals surface area contributed by atoms with Gasteiger partial charge in [-0.15, -0.1) is 0 Å². The Kier molecular flexibility index (Phi) is 3.07. The van der Waals surface area contributed by atoms with Crippen LogP contribution in [0.4, 0.5) is 0 Å². The number of hydrogen-bond donors (Lipinski definition) is 0. The smallest absolute Gasteiger partial charge is 0.214 e. The predicted molar refractivity (Wildman–Crippen MR) is 91.9 cm³/mol. The summed E-state index contributed by atoms with van der Waals surface area (Å²) in [5.41, 5.74) is 7.26. The second-order valence-electron chi connectivity index (χ2n) is 6.47. The summed E-state index contributed by atoms with van der Waals surface area (Å²) in [6.45, 7) is 8.43. The highest BCUT2D eigenvalue weighted by Crippen LogP contribution is 2.43. The molecule has 4 rings (SSSR count). The van der Waals surface area contributed by atoms with Crippen LogP contribution in [0.15, 0.2) is 6.07 Å². The Labute approximate surface area is 139 Å². The second-order valence-corrected chi connectivity index (χ2v) is 7.45. The summed E-state index contributed by atoms with van der Waals surface area (Å²) >= 11 is 1.62. The third kappa shape index (κ3) is 2.09. The van der Waals surface area contributed by atoms with E-state index in [0.29, 0.717) is 11.6 Å². The van der Waals surface area contributed by atoms with Crippen LogP contribution >= 0.6 is 11.3 Å². The minimum atomic E-state index is 0.555. The van der Waals surface area contributed by atoms with Crippen molar-refractivity contribution in [2.75, 3.05) is 0 Å². The van der Waals surface area contributed by atoms with Crippen molar-refractivity contribution in [1.82, 2.24) is 14.6 Å². The second kappa shape index (κ2) is 4.90. The minimum absolute atomic E-state index is 0.555. The molecule has 0 radical (unpaired) electrons. The van der Waals surface area contributed by atoms with Crippen molar-refractivity contribution in [2.45, 2.75) is 46.5 Å². The zero-order valence-corrected chi connectivity index (χ0v) is 14.6. The van der Waals surface area contributed by atoms with Crippen LogP contribution in [0.3, 0.4) is 0 Å². The van der Waals surface area contributed by atoms with Gasteiger partial charge in [0.2, 0.25) is 4.96 Å². The van der Waals surface area contributed by atoms with Crippen LogP contribution in [0.1, 0.15) is 51.7 Å². The fourth-order valence-electron chi connectivity index (χ4n) is 3.11. The van der Waals surface area contributed by atoms with Gasteiger partial charge < -0.3 is 0 Å². The number of aromatic nitrogens is 3. The quantitative estimate of drug-likeness (QED) is 0.701. The number of aryl methyl sites for hydroxylation is 2. The minimum Gasteiger partial charge on any atom is -0.216 e. The van der Waals surface area contributed by atoms with Crippen molar-refractivity contribution < 1.29 is 0 Å². The molecule has 1 saturated carbocycles. The molecule has 5 heteroatoms. The Bertz CT molecular complexity index is 957. The molecule has 3 aromatic rings. The molecule has 0 N–H and O–H groups in total.